The summed E-state index contributed by atoms with van der Waals surface area (Å²) in [7, 11) is 0. The zero-order chi connectivity index (χ0) is 14.8. The van der Waals surface area contributed by atoms with Crippen LogP contribution >= 0.6 is 0 Å². The molecular formula is C16H21N3O2. The van der Waals surface area contributed by atoms with E-state index >= 15 is 0 Å². The molecule has 1 aromatic heterocycles. The minimum atomic E-state index is 0.0178. The average Bonchev–Trinajstić information content (AvgIpc) is 3.10. The van der Waals surface area contributed by atoms with Crippen LogP contribution in [0.2, 0.25) is 0 Å². The Morgan fingerprint density at radius 3 is 3.05 bits per heavy atom. The highest BCUT2D eigenvalue weighted by atomic mass is 16.4. The highest BCUT2D eigenvalue weighted by Gasteiger charge is 2.28. The first-order chi connectivity index (χ1) is 10.1. The lowest BCUT2D eigenvalue weighted by molar-refractivity contribution is -0.124. The fraction of sp³-hybridized carbons (Fsp3) is 0.500. The van der Waals surface area contributed by atoms with Crippen LogP contribution in [0.15, 0.2) is 28.7 Å². The smallest absolute Gasteiger partial charge is 0.298 e. The van der Waals surface area contributed by atoms with Gasteiger partial charge in [0.1, 0.15) is 5.52 Å². The quantitative estimate of drug-likeness (QED) is 0.939. The van der Waals surface area contributed by atoms with E-state index in [1.54, 1.807) is 0 Å². The third kappa shape index (κ3) is 2.86. The van der Waals surface area contributed by atoms with Crippen molar-refractivity contribution in [3.8, 4) is 0 Å². The van der Waals surface area contributed by atoms with E-state index in [4.69, 9.17) is 4.42 Å². The number of nitrogens with one attached hydrogen (secondary N) is 1. The summed E-state index contributed by atoms with van der Waals surface area (Å²) in [5.74, 6) is 0.114. The van der Waals surface area contributed by atoms with Gasteiger partial charge in [-0.2, -0.15) is 4.98 Å². The zero-order valence-electron chi connectivity index (χ0n) is 12.5. The summed E-state index contributed by atoms with van der Waals surface area (Å²) in [6, 6.07) is 8.71. The Morgan fingerprint density at radius 2 is 2.29 bits per heavy atom. The van der Waals surface area contributed by atoms with Gasteiger partial charge in [0.25, 0.3) is 6.01 Å². The third-order valence-corrected chi connectivity index (χ3v) is 3.94. The number of benzene rings is 1. The van der Waals surface area contributed by atoms with Gasteiger partial charge < -0.3 is 14.6 Å². The van der Waals surface area contributed by atoms with Crippen LogP contribution in [0.4, 0.5) is 6.01 Å². The second-order valence-corrected chi connectivity index (χ2v) is 5.85. The summed E-state index contributed by atoms with van der Waals surface area (Å²) in [5, 5.41) is 3.01. The van der Waals surface area contributed by atoms with Crippen molar-refractivity contribution in [1.82, 2.24) is 10.3 Å². The number of rotatable bonds is 4. The monoisotopic (exact) mass is 287 g/mol. The van der Waals surface area contributed by atoms with E-state index in [9.17, 15) is 4.79 Å². The maximum atomic E-state index is 11.7. The summed E-state index contributed by atoms with van der Waals surface area (Å²) < 4.78 is 5.84. The molecule has 1 aliphatic heterocycles. The Kier molecular flexibility index (Phi) is 3.82. The number of fused-ring (bicyclic) bond motifs is 1. The number of hydrogen-bond donors (Lipinski definition) is 1. The van der Waals surface area contributed by atoms with Gasteiger partial charge in [0.05, 0.1) is 6.04 Å². The second-order valence-electron chi connectivity index (χ2n) is 5.85. The van der Waals surface area contributed by atoms with Crippen LogP contribution in [0.1, 0.15) is 26.7 Å². The molecule has 21 heavy (non-hydrogen) atoms. The summed E-state index contributed by atoms with van der Waals surface area (Å²) in [6.45, 7) is 5.38. The first kappa shape index (κ1) is 13.9. The molecule has 0 bridgehead atoms. The summed E-state index contributed by atoms with van der Waals surface area (Å²) in [4.78, 5) is 18.4. The van der Waals surface area contributed by atoms with E-state index in [1.165, 1.54) is 0 Å². The van der Waals surface area contributed by atoms with Crippen LogP contribution < -0.4 is 10.2 Å². The number of aromatic nitrogens is 1. The van der Waals surface area contributed by atoms with Crippen molar-refractivity contribution in [1.29, 1.82) is 0 Å². The minimum absolute atomic E-state index is 0.0178. The average molecular weight is 287 g/mol. The Labute approximate surface area is 124 Å². The number of carbonyl (C=O) groups is 1. The van der Waals surface area contributed by atoms with Gasteiger partial charge in [0.2, 0.25) is 5.91 Å². The largest absolute Gasteiger partial charge is 0.423 e. The molecule has 0 spiro atoms. The molecule has 1 fully saturated rings. The lowest BCUT2D eigenvalue weighted by Crippen LogP contribution is -2.41. The molecule has 1 aromatic carbocycles. The van der Waals surface area contributed by atoms with Gasteiger partial charge in [0, 0.05) is 19.0 Å². The van der Waals surface area contributed by atoms with Crippen molar-refractivity contribution in [3.63, 3.8) is 0 Å². The van der Waals surface area contributed by atoms with Crippen LogP contribution in [0.25, 0.3) is 11.1 Å². The summed E-state index contributed by atoms with van der Waals surface area (Å²) in [5.41, 5.74) is 1.69. The van der Waals surface area contributed by atoms with Gasteiger partial charge in [-0.3, -0.25) is 4.79 Å². The van der Waals surface area contributed by atoms with E-state index in [0.29, 0.717) is 12.6 Å². The van der Waals surface area contributed by atoms with Crippen molar-refractivity contribution in [2.75, 3.05) is 18.0 Å². The SMILES string of the molecule is CC(C)C(=O)NCC1CCCN1c1nc2ccccc2o1. The molecule has 1 N–H and O–H groups in total. The zero-order valence-corrected chi connectivity index (χ0v) is 12.5. The molecule has 1 saturated heterocycles. The highest BCUT2D eigenvalue weighted by Crippen LogP contribution is 2.27. The Morgan fingerprint density at radius 1 is 1.48 bits per heavy atom. The van der Waals surface area contributed by atoms with Gasteiger partial charge in [-0.25, -0.2) is 0 Å². The first-order valence-corrected chi connectivity index (χ1v) is 7.55. The van der Waals surface area contributed by atoms with Crippen LogP contribution in [0.5, 0.6) is 0 Å². The van der Waals surface area contributed by atoms with E-state index in [2.05, 4.69) is 15.2 Å². The predicted molar refractivity (Wildman–Crippen MR) is 82.2 cm³/mol. The molecule has 2 heterocycles. The van der Waals surface area contributed by atoms with Crippen LogP contribution in [0, 0.1) is 5.92 Å². The van der Waals surface area contributed by atoms with E-state index in [1.807, 2.05) is 38.1 Å². The minimum Gasteiger partial charge on any atom is -0.423 e. The van der Waals surface area contributed by atoms with Crippen LogP contribution in [0.3, 0.4) is 0 Å². The number of anilines is 1. The number of oxazole rings is 1. The maximum Gasteiger partial charge on any atom is 0.298 e. The first-order valence-electron chi connectivity index (χ1n) is 7.55. The Bertz CT molecular complexity index is 602. The number of nitrogens with zero attached hydrogens (tertiary/aromatic N) is 2. The van der Waals surface area contributed by atoms with Crippen molar-refractivity contribution in [2.24, 2.45) is 5.92 Å². The summed E-state index contributed by atoms with van der Waals surface area (Å²) >= 11 is 0. The molecule has 5 heteroatoms. The molecule has 0 saturated carbocycles. The number of carbonyl (C=O) groups excluding carboxylic acids is 1. The molecule has 1 unspecified atom stereocenters. The molecule has 0 aliphatic carbocycles. The number of amides is 1. The standard InChI is InChI=1S/C16H21N3O2/c1-11(2)15(20)17-10-12-6-5-9-19(12)16-18-13-7-3-4-8-14(13)21-16/h3-4,7-8,11-12H,5-6,9-10H2,1-2H3,(H,17,20). The number of para-hydroxylation sites is 2. The van der Waals surface area contributed by atoms with E-state index < -0.39 is 0 Å². The molecular weight excluding hydrogens is 266 g/mol. The Hall–Kier alpha value is -2.04. The highest BCUT2D eigenvalue weighted by molar-refractivity contribution is 5.78. The van der Waals surface area contributed by atoms with Gasteiger partial charge in [-0.05, 0) is 25.0 Å². The van der Waals surface area contributed by atoms with Crippen molar-refractivity contribution in [2.45, 2.75) is 32.7 Å². The van der Waals surface area contributed by atoms with E-state index in [0.717, 1.165) is 30.5 Å². The normalized spacial score (nSPS) is 18.6. The fourth-order valence-corrected chi connectivity index (χ4v) is 2.71. The predicted octanol–water partition coefficient (Wildman–Crippen LogP) is 2.57. The van der Waals surface area contributed by atoms with Crippen molar-refractivity contribution < 1.29 is 9.21 Å². The van der Waals surface area contributed by atoms with Gasteiger partial charge >= 0.3 is 0 Å². The van der Waals surface area contributed by atoms with Crippen molar-refractivity contribution >= 4 is 23.0 Å². The molecule has 3 rings (SSSR count). The van der Waals surface area contributed by atoms with Crippen molar-refractivity contribution in [3.05, 3.63) is 24.3 Å². The maximum absolute atomic E-state index is 11.7. The van der Waals surface area contributed by atoms with Crippen LogP contribution in [-0.4, -0.2) is 30.0 Å². The topological polar surface area (TPSA) is 58.4 Å². The van der Waals surface area contributed by atoms with Gasteiger partial charge in [-0.1, -0.05) is 26.0 Å². The molecule has 1 aliphatic rings. The molecule has 1 atom stereocenters. The molecule has 2 aromatic rings. The lowest BCUT2D eigenvalue weighted by Gasteiger charge is -2.23. The summed E-state index contributed by atoms with van der Waals surface area (Å²) in [6.07, 6.45) is 2.15. The van der Waals surface area contributed by atoms with Crippen LogP contribution in [-0.2, 0) is 4.79 Å². The molecule has 112 valence electrons. The molecule has 1 amide bonds. The fourth-order valence-electron chi connectivity index (χ4n) is 2.71. The molecule has 0 radical (unpaired) electrons. The van der Waals surface area contributed by atoms with Gasteiger partial charge in [0.15, 0.2) is 5.58 Å². The Balaban J connectivity index is 1.72. The lowest BCUT2D eigenvalue weighted by atomic mass is 10.2. The second kappa shape index (κ2) is 5.76. The molecule has 5 nitrogen and oxygen atoms in total. The van der Waals surface area contributed by atoms with Gasteiger partial charge in [-0.15, -0.1) is 0 Å². The third-order valence-electron chi connectivity index (χ3n) is 3.94. The number of hydrogen-bond acceptors (Lipinski definition) is 4. The van der Waals surface area contributed by atoms with E-state index in [-0.39, 0.29) is 17.9 Å².